The zero-order valence-electron chi connectivity index (χ0n) is 6.90. The van der Waals surface area contributed by atoms with Crippen molar-refractivity contribution in [3.8, 4) is 0 Å². The van der Waals surface area contributed by atoms with E-state index in [1.807, 2.05) is 35.6 Å². The van der Waals surface area contributed by atoms with E-state index in [4.69, 9.17) is 0 Å². The molecule has 1 radical (unpaired) electrons. The molecule has 0 amide bonds. The van der Waals surface area contributed by atoms with Crippen molar-refractivity contribution in [2.75, 3.05) is 0 Å². The Balaban J connectivity index is -0.0000000327. The van der Waals surface area contributed by atoms with Gasteiger partial charge in [0.15, 0.2) is 0 Å². The summed E-state index contributed by atoms with van der Waals surface area (Å²) in [4.78, 5) is 0. The van der Waals surface area contributed by atoms with Gasteiger partial charge in [0, 0.05) is 0 Å². The van der Waals surface area contributed by atoms with Crippen molar-refractivity contribution in [1.82, 2.24) is 4.57 Å². The molecule has 6 nitrogen and oxygen atoms in total. The molecule has 0 saturated carbocycles. The molecule has 0 aliphatic heterocycles. The van der Waals surface area contributed by atoms with Crippen molar-refractivity contribution in [1.29, 1.82) is 0 Å². The third-order valence-electron chi connectivity index (χ3n) is 0.829. The van der Waals surface area contributed by atoms with Crippen LogP contribution in [0.4, 0.5) is 0 Å². The van der Waals surface area contributed by atoms with Gasteiger partial charge in [0.05, 0.1) is 14.1 Å². The summed E-state index contributed by atoms with van der Waals surface area (Å²) in [6.45, 7) is 0. The second kappa shape index (κ2) is 13.3. The van der Waals surface area contributed by atoms with Crippen LogP contribution >= 0.6 is 0 Å². The molecule has 0 saturated heterocycles. The zero-order valence-corrected chi connectivity index (χ0v) is 8.64. The van der Waals surface area contributed by atoms with E-state index >= 15 is 0 Å². The number of aryl methyl sites for hydroxylation is 2. The van der Waals surface area contributed by atoms with Crippen molar-refractivity contribution in [3.05, 3.63) is 18.7 Å². The van der Waals surface area contributed by atoms with Crippen LogP contribution in [0.1, 0.15) is 0 Å². The second-order valence-corrected chi connectivity index (χ2v) is 1.62. The molecule has 0 atom stereocenters. The van der Waals surface area contributed by atoms with Gasteiger partial charge in [-0.1, -0.05) is 0 Å². The molecule has 0 spiro atoms. The van der Waals surface area contributed by atoms with Gasteiger partial charge in [-0.05, 0) is 12.4 Å². The molecule has 1 aromatic rings. The number of nitrogens with zero attached hydrogens (tertiary/aromatic N) is 2. The first-order valence-corrected chi connectivity index (χ1v) is 2.19. The van der Waals surface area contributed by atoms with Gasteiger partial charge in [0.25, 0.3) is 0 Å². The minimum absolute atomic E-state index is 0. The molecule has 77 valence electrons. The summed E-state index contributed by atoms with van der Waals surface area (Å²) in [5.41, 5.74) is 0. The fraction of sp³-hybridized carbons (Fsp3) is 0.400. The number of aromatic nitrogens is 2. The fourth-order valence-corrected chi connectivity index (χ4v) is 0.515. The van der Waals surface area contributed by atoms with Crippen LogP contribution < -0.4 is 4.57 Å². The summed E-state index contributed by atoms with van der Waals surface area (Å²) in [5.74, 6) is 0. The van der Waals surface area contributed by atoms with Crippen molar-refractivity contribution in [2.24, 2.45) is 14.1 Å². The molecular weight excluding hydrogens is 253 g/mol. The van der Waals surface area contributed by atoms with Crippen LogP contribution in [0.2, 0.25) is 0 Å². The monoisotopic (exact) mass is 270 g/mol. The Morgan fingerprint density at radius 2 is 1.58 bits per heavy atom. The fourth-order valence-electron chi connectivity index (χ4n) is 0.515. The van der Waals surface area contributed by atoms with E-state index in [0.717, 1.165) is 0 Å². The minimum atomic E-state index is 0. The van der Waals surface area contributed by atoms with Crippen LogP contribution in [0.15, 0.2) is 12.4 Å². The smallest absolute Gasteiger partial charge is 0.412 e. The summed E-state index contributed by atoms with van der Waals surface area (Å²) < 4.78 is 3.75. The molecule has 0 fully saturated rings. The summed E-state index contributed by atoms with van der Waals surface area (Å²) >= 11 is 0. The number of hydrogen-bond donors (Lipinski definition) is 0. The maximum atomic E-state index is 2.97. The Bertz CT molecular complexity index is 154. The standard InChI is InChI=1S/C5H8N2.4H2O.Ru/c1-6-3-4-7(2)5-6;;;;;/h3-4H,1-2H3;4*1H2;/q;;;;;+1. The van der Waals surface area contributed by atoms with Crippen LogP contribution in [0.3, 0.4) is 0 Å². The first-order chi connectivity index (χ1) is 3.29. The van der Waals surface area contributed by atoms with E-state index in [9.17, 15) is 0 Å². The van der Waals surface area contributed by atoms with Gasteiger partial charge < -0.3 is 31.0 Å². The van der Waals surface area contributed by atoms with Gasteiger partial charge in [-0.25, -0.2) is 0 Å². The molecule has 1 rings (SSSR count). The first kappa shape index (κ1) is 29.9. The number of hydrogen-bond acceptors (Lipinski definition) is 0. The summed E-state index contributed by atoms with van der Waals surface area (Å²) in [6.07, 6.45) is 6.86. The van der Waals surface area contributed by atoms with Crippen LogP contribution in [0, 0.1) is 6.33 Å². The van der Waals surface area contributed by atoms with Crippen LogP contribution in [0.5, 0.6) is 0 Å². The Morgan fingerprint density at radius 3 is 1.67 bits per heavy atom. The third-order valence-corrected chi connectivity index (χ3v) is 0.829. The Hall–Kier alpha value is -0.327. The molecule has 7 heteroatoms. The van der Waals surface area contributed by atoms with Gasteiger partial charge in [-0.15, -0.1) is 0 Å². The summed E-state index contributed by atoms with van der Waals surface area (Å²) in [7, 11) is 3.89. The SMILES string of the molecule is Cn1[c-][n+](C)cc1.O.O.O.O.[Ru+]. The van der Waals surface area contributed by atoms with Gasteiger partial charge >= 0.3 is 19.5 Å². The first-order valence-electron chi connectivity index (χ1n) is 2.19. The van der Waals surface area contributed by atoms with Crippen molar-refractivity contribution in [3.63, 3.8) is 0 Å². The average Bonchev–Trinajstić information content (AvgIpc) is 1.87. The van der Waals surface area contributed by atoms with E-state index < -0.39 is 0 Å². The maximum absolute atomic E-state index is 2.97. The Labute approximate surface area is 83.8 Å². The topological polar surface area (TPSA) is 135 Å². The van der Waals surface area contributed by atoms with Gasteiger partial charge in [-0.2, -0.15) is 0 Å². The summed E-state index contributed by atoms with van der Waals surface area (Å²) in [5, 5.41) is 0. The molecule has 0 bridgehead atoms. The molecule has 1 heterocycles. The van der Waals surface area contributed by atoms with Crippen molar-refractivity contribution >= 4 is 0 Å². The van der Waals surface area contributed by atoms with Crippen LogP contribution in [-0.2, 0) is 33.6 Å². The molecule has 0 unspecified atom stereocenters. The largest absolute Gasteiger partial charge is 1.00 e. The zero-order chi connectivity index (χ0) is 5.28. The molecule has 0 aromatic carbocycles. The van der Waals surface area contributed by atoms with Gasteiger partial charge in [-0.3, -0.25) is 0 Å². The number of imidazole rings is 1. The van der Waals surface area contributed by atoms with E-state index in [-0.39, 0.29) is 41.4 Å². The van der Waals surface area contributed by atoms with Crippen molar-refractivity contribution < 1.29 is 45.9 Å². The molecule has 12 heavy (non-hydrogen) atoms. The summed E-state index contributed by atoms with van der Waals surface area (Å²) in [6, 6.07) is 0. The molecule has 8 N–H and O–H groups in total. The molecule has 1 aromatic heterocycles. The van der Waals surface area contributed by atoms with E-state index in [1.54, 1.807) is 0 Å². The maximum Gasteiger partial charge on any atom is 1.00 e. The third kappa shape index (κ3) is 9.67. The molecule has 0 aliphatic carbocycles. The van der Waals surface area contributed by atoms with E-state index in [1.165, 1.54) is 0 Å². The Kier molecular flexibility index (Phi) is 33.0. The molecule has 0 aliphatic rings. The van der Waals surface area contributed by atoms with Gasteiger partial charge in [0.2, 0.25) is 6.33 Å². The van der Waals surface area contributed by atoms with E-state index in [0.29, 0.717) is 0 Å². The van der Waals surface area contributed by atoms with Crippen LogP contribution in [-0.4, -0.2) is 26.5 Å². The van der Waals surface area contributed by atoms with Gasteiger partial charge in [0.1, 0.15) is 0 Å². The van der Waals surface area contributed by atoms with Crippen molar-refractivity contribution in [2.45, 2.75) is 0 Å². The predicted octanol–water partition coefficient (Wildman–Crippen LogP) is -3.65. The second-order valence-electron chi connectivity index (χ2n) is 1.62. The Morgan fingerprint density at radius 1 is 1.17 bits per heavy atom. The minimum Gasteiger partial charge on any atom is -0.412 e. The predicted molar refractivity (Wildman–Crippen MR) is 39.9 cm³/mol. The normalized spacial score (nSPS) is 5.50. The van der Waals surface area contributed by atoms with E-state index in [2.05, 4.69) is 6.33 Å². The number of rotatable bonds is 0. The average molecular weight is 269 g/mol. The van der Waals surface area contributed by atoms with Crippen LogP contribution in [0.25, 0.3) is 0 Å². The quantitative estimate of drug-likeness (QED) is 0.261. The molecular formula is C5H16N2O4Ru+.